The predicted octanol–water partition coefficient (Wildman–Crippen LogP) is -1.88. The lowest BCUT2D eigenvalue weighted by Crippen LogP contribution is -2.38. The minimum atomic E-state index is -1.63. The fourth-order valence-electron chi connectivity index (χ4n) is 2.44. The molecule has 34 heavy (non-hydrogen) atoms. The molecule has 6 N–H and O–H groups in total. The molecule has 16 heteroatoms. The molecule has 0 heterocycles. The second kappa shape index (κ2) is 16.3. The van der Waals surface area contributed by atoms with Gasteiger partial charge in [0, 0.05) is 19.6 Å². The molecule has 0 saturated carbocycles. The van der Waals surface area contributed by atoms with Crippen molar-refractivity contribution in [3.05, 3.63) is 0 Å². The van der Waals surface area contributed by atoms with Crippen molar-refractivity contribution in [3.63, 3.8) is 0 Å². The van der Waals surface area contributed by atoms with Crippen molar-refractivity contribution in [1.82, 2.24) is 4.90 Å². The number of carbonyl (C=O) groups is 6. The predicted molar refractivity (Wildman–Crippen MR) is 105 cm³/mol. The van der Waals surface area contributed by atoms with Crippen molar-refractivity contribution in [1.29, 1.82) is 0 Å². The van der Waals surface area contributed by atoms with E-state index in [0.717, 1.165) is 0 Å². The monoisotopic (exact) mass is 497 g/mol. The van der Waals surface area contributed by atoms with Gasteiger partial charge in [-0.05, 0) is 0 Å². The SMILES string of the molecule is O=C(O)CC(OCCN(CCOC(CC(=O)O)C(=O)O)CCOC(CC(=O)O)C(=O)O)C(=O)O. The van der Waals surface area contributed by atoms with Gasteiger partial charge >= 0.3 is 35.8 Å². The zero-order valence-electron chi connectivity index (χ0n) is 17.9. The van der Waals surface area contributed by atoms with Crippen molar-refractivity contribution in [2.45, 2.75) is 37.6 Å². The number of ether oxygens (including phenoxy) is 3. The minimum Gasteiger partial charge on any atom is -0.481 e. The number of rotatable bonds is 21. The van der Waals surface area contributed by atoms with Gasteiger partial charge in [0.1, 0.15) is 0 Å². The highest BCUT2D eigenvalue weighted by Gasteiger charge is 2.24. The van der Waals surface area contributed by atoms with E-state index < -0.39 is 73.4 Å². The molecule has 0 radical (unpaired) electrons. The van der Waals surface area contributed by atoms with Crippen LogP contribution in [0.5, 0.6) is 0 Å². The highest BCUT2D eigenvalue weighted by atomic mass is 16.5. The highest BCUT2D eigenvalue weighted by Crippen LogP contribution is 2.04. The van der Waals surface area contributed by atoms with Gasteiger partial charge in [-0.1, -0.05) is 0 Å². The van der Waals surface area contributed by atoms with Crippen LogP contribution in [-0.2, 0) is 43.0 Å². The first kappa shape index (κ1) is 30.7. The van der Waals surface area contributed by atoms with E-state index >= 15 is 0 Å². The molecule has 0 aromatic carbocycles. The summed E-state index contributed by atoms with van der Waals surface area (Å²) in [4.78, 5) is 66.8. The lowest BCUT2D eigenvalue weighted by molar-refractivity contribution is -0.158. The van der Waals surface area contributed by atoms with Crippen LogP contribution in [0.1, 0.15) is 19.3 Å². The number of hydrogen-bond donors (Lipinski definition) is 6. The zero-order chi connectivity index (χ0) is 26.3. The molecule has 0 aromatic rings. The zero-order valence-corrected chi connectivity index (χ0v) is 17.9. The molecule has 0 fully saturated rings. The van der Waals surface area contributed by atoms with Crippen LogP contribution in [0.4, 0.5) is 0 Å². The fourth-order valence-corrected chi connectivity index (χ4v) is 2.44. The molecule has 16 nitrogen and oxygen atoms in total. The highest BCUT2D eigenvalue weighted by molar-refractivity contribution is 5.80. The van der Waals surface area contributed by atoms with Crippen molar-refractivity contribution in [2.75, 3.05) is 39.5 Å². The fraction of sp³-hybridized carbons (Fsp3) is 0.667. The molecule has 0 rings (SSSR count). The molecule has 0 aromatic heterocycles. The van der Waals surface area contributed by atoms with E-state index in [1.807, 2.05) is 0 Å². The third kappa shape index (κ3) is 14.7. The van der Waals surface area contributed by atoms with Crippen molar-refractivity contribution in [2.24, 2.45) is 0 Å². The lowest BCUT2D eigenvalue weighted by Gasteiger charge is -2.24. The Hall–Kier alpha value is -3.34. The molecule has 194 valence electrons. The Morgan fingerprint density at radius 3 is 0.912 bits per heavy atom. The summed E-state index contributed by atoms with van der Waals surface area (Å²) in [7, 11) is 0. The summed E-state index contributed by atoms with van der Waals surface area (Å²) in [6.45, 7) is -1.03. The molecule has 0 amide bonds. The smallest absolute Gasteiger partial charge is 0.333 e. The molecule has 0 bridgehead atoms. The van der Waals surface area contributed by atoms with Crippen LogP contribution < -0.4 is 0 Å². The quantitative estimate of drug-likeness (QED) is 0.101. The van der Waals surface area contributed by atoms with Gasteiger partial charge in [0.2, 0.25) is 0 Å². The molecule has 0 spiro atoms. The second-order valence-electron chi connectivity index (χ2n) is 6.73. The van der Waals surface area contributed by atoms with Crippen LogP contribution in [-0.4, -0.2) is 129 Å². The maximum Gasteiger partial charge on any atom is 0.333 e. The van der Waals surface area contributed by atoms with Crippen molar-refractivity contribution in [3.8, 4) is 0 Å². The Bertz CT molecular complexity index is 629. The normalized spacial score (nSPS) is 13.7. The largest absolute Gasteiger partial charge is 0.481 e. The van der Waals surface area contributed by atoms with Gasteiger partial charge in [-0.15, -0.1) is 0 Å². The van der Waals surface area contributed by atoms with Gasteiger partial charge in [0.05, 0.1) is 39.1 Å². The molecule has 3 unspecified atom stereocenters. The summed E-state index contributed by atoms with van der Waals surface area (Å²) >= 11 is 0. The van der Waals surface area contributed by atoms with E-state index in [2.05, 4.69) is 0 Å². The van der Waals surface area contributed by atoms with Crippen LogP contribution in [0.15, 0.2) is 0 Å². The standard InChI is InChI=1S/C18H27NO15/c20-13(21)7-10(16(26)27)32-4-1-19(2-5-33-11(17(28)29)8-14(22)23)3-6-34-12(18(30)31)9-15(24)25/h10-12H,1-9H2,(H,20,21)(H,22,23)(H,24,25)(H,26,27)(H,28,29)(H,30,31). The summed E-state index contributed by atoms with van der Waals surface area (Å²) in [5.41, 5.74) is 0. The number of aliphatic carboxylic acids is 6. The number of carboxylic acids is 6. The number of carboxylic acid groups (broad SMARTS) is 6. The Morgan fingerprint density at radius 1 is 0.500 bits per heavy atom. The maximum atomic E-state index is 11.1. The number of hydrogen-bond acceptors (Lipinski definition) is 10. The Morgan fingerprint density at radius 2 is 0.735 bits per heavy atom. The van der Waals surface area contributed by atoms with Crippen LogP contribution in [0.25, 0.3) is 0 Å². The van der Waals surface area contributed by atoms with E-state index in [1.165, 1.54) is 4.90 Å². The Balaban J connectivity index is 4.98. The van der Waals surface area contributed by atoms with Gasteiger partial charge < -0.3 is 44.8 Å². The summed E-state index contributed by atoms with van der Waals surface area (Å²) in [5.74, 6) is -8.71. The van der Waals surface area contributed by atoms with Crippen LogP contribution in [0.3, 0.4) is 0 Å². The summed E-state index contributed by atoms with van der Waals surface area (Å²) in [6, 6.07) is 0. The maximum absolute atomic E-state index is 11.1. The topological polar surface area (TPSA) is 255 Å². The minimum absolute atomic E-state index is 0.0521. The van der Waals surface area contributed by atoms with Crippen molar-refractivity contribution < 1.29 is 73.6 Å². The molecule has 0 saturated heterocycles. The third-order valence-electron chi connectivity index (χ3n) is 4.09. The average Bonchev–Trinajstić information content (AvgIpc) is 2.69. The second-order valence-corrected chi connectivity index (χ2v) is 6.73. The summed E-state index contributed by atoms with van der Waals surface area (Å²) in [6.07, 6.45) is -7.30. The van der Waals surface area contributed by atoms with E-state index in [4.69, 9.17) is 44.8 Å². The number of nitrogens with zero attached hydrogens (tertiary/aromatic N) is 1. The van der Waals surface area contributed by atoms with Gasteiger partial charge in [0.15, 0.2) is 18.3 Å². The first-order valence-electron chi connectivity index (χ1n) is 9.74. The molecule has 0 aliphatic heterocycles. The van der Waals surface area contributed by atoms with E-state index in [0.29, 0.717) is 0 Å². The van der Waals surface area contributed by atoms with Crippen LogP contribution >= 0.6 is 0 Å². The van der Waals surface area contributed by atoms with Gasteiger partial charge in [-0.25, -0.2) is 14.4 Å². The lowest BCUT2D eigenvalue weighted by atomic mass is 10.2. The molecular formula is C18H27NO15. The van der Waals surface area contributed by atoms with Crippen LogP contribution in [0, 0.1) is 0 Å². The summed E-state index contributed by atoms with van der Waals surface area (Å²) < 4.78 is 15.1. The van der Waals surface area contributed by atoms with Crippen molar-refractivity contribution >= 4 is 35.8 Å². The Labute approximate surface area is 192 Å². The van der Waals surface area contributed by atoms with E-state index in [9.17, 15) is 28.8 Å². The molecular weight excluding hydrogens is 470 g/mol. The molecule has 3 atom stereocenters. The molecule has 0 aliphatic carbocycles. The molecule has 0 aliphatic rings. The Kier molecular flexibility index (Phi) is 14.7. The van der Waals surface area contributed by atoms with Gasteiger partial charge in [0.25, 0.3) is 0 Å². The van der Waals surface area contributed by atoms with E-state index in [1.54, 1.807) is 0 Å². The summed E-state index contributed by atoms with van der Waals surface area (Å²) in [5, 5.41) is 53.2. The third-order valence-corrected chi connectivity index (χ3v) is 4.09. The first-order valence-corrected chi connectivity index (χ1v) is 9.74. The van der Waals surface area contributed by atoms with Crippen LogP contribution in [0.2, 0.25) is 0 Å². The average molecular weight is 497 g/mol. The van der Waals surface area contributed by atoms with E-state index in [-0.39, 0.29) is 39.5 Å². The van der Waals surface area contributed by atoms with Gasteiger partial charge in [-0.3, -0.25) is 19.3 Å². The first-order chi connectivity index (χ1) is 15.8. The van der Waals surface area contributed by atoms with Gasteiger partial charge in [-0.2, -0.15) is 0 Å².